The minimum absolute atomic E-state index is 0.361. The number of rotatable bonds is 4. The molecule has 0 bridgehead atoms. The Balaban J connectivity index is 3.12. The number of thiol groups is 1. The smallest absolute Gasteiger partial charge is 0.323 e. The van der Waals surface area contributed by atoms with Crippen molar-refractivity contribution in [3.63, 3.8) is 0 Å². The van der Waals surface area contributed by atoms with E-state index in [-0.39, 0.29) is 0 Å². The molecule has 0 N–H and O–H groups in total. The summed E-state index contributed by atoms with van der Waals surface area (Å²) in [6, 6.07) is -0.651. The van der Waals surface area contributed by atoms with Gasteiger partial charge in [-0.3, -0.25) is 0 Å². The lowest BCUT2D eigenvalue weighted by molar-refractivity contribution is 0.196. The Morgan fingerprint density at radius 2 is 2.00 bits per heavy atom. The van der Waals surface area contributed by atoms with Crippen molar-refractivity contribution in [1.29, 1.82) is 0 Å². The van der Waals surface area contributed by atoms with Gasteiger partial charge in [-0.1, -0.05) is 12.6 Å². The number of nitrogens with zero attached hydrogens (tertiary/aromatic N) is 4. The number of sulfone groups is 1. The van der Waals surface area contributed by atoms with Gasteiger partial charge in [0.2, 0.25) is 0 Å². The van der Waals surface area contributed by atoms with Crippen LogP contribution in [-0.4, -0.2) is 51.8 Å². The predicted molar refractivity (Wildman–Crippen MR) is 64.9 cm³/mol. The van der Waals surface area contributed by atoms with E-state index in [1.54, 1.807) is 13.8 Å². The molecular weight excluding hydrogens is 302 g/mol. The zero-order valence-electron chi connectivity index (χ0n) is 10.1. The zero-order valence-corrected chi connectivity index (χ0v) is 11.8. The van der Waals surface area contributed by atoms with E-state index < -0.39 is 25.6 Å². The lowest BCUT2D eigenvalue weighted by atomic mass is 10.5. The Morgan fingerprint density at radius 3 is 2.42 bits per heavy atom. The van der Waals surface area contributed by atoms with Gasteiger partial charge in [0.15, 0.2) is 0 Å². The standard InChI is InChI=1S/C8H12F2N4O3S2/c1-3-13(4-2)7(15)14-5-11-6(12-14)19(16,17)8(9,10)18/h5,18H,3-4H2,1-2H3. The van der Waals surface area contributed by atoms with Crippen LogP contribution >= 0.6 is 12.6 Å². The second kappa shape index (κ2) is 5.41. The quantitative estimate of drug-likeness (QED) is 0.833. The van der Waals surface area contributed by atoms with Crippen LogP contribution in [0.1, 0.15) is 13.8 Å². The van der Waals surface area contributed by atoms with Crippen molar-refractivity contribution < 1.29 is 22.0 Å². The molecule has 0 aliphatic rings. The highest BCUT2D eigenvalue weighted by molar-refractivity contribution is 8.05. The van der Waals surface area contributed by atoms with Gasteiger partial charge in [0.25, 0.3) is 15.0 Å². The summed E-state index contributed by atoms with van der Waals surface area (Å²) in [6.07, 6.45) is 0.771. The monoisotopic (exact) mass is 314 g/mol. The minimum atomic E-state index is -5.11. The fourth-order valence-corrected chi connectivity index (χ4v) is 2.06. The number of alkyl halides is 2. The summed E-state index contributed by atoms with van der Waals surface area (Å²) in [5, 5.41) is 2.12. The van der Waals surface area contributed by atoms with Crippen molar-refractivity contribution in [2.75, 3.05) is 13.1 Å². The van der Waals surface area contributed by atoms with E-state index in [0.717, 1.165) is 6.33 Å². The molecule has 1 aromatic rings. The molecule has 7 nitrogen and oxygen atoms in total. The Bertz CT molecular complexity index is 563. The summed E-state index contributed by atoms with van der Waals surface area (Å²) in [7, 11) is -5.11. The van der Waals surface area contributed by atoms with Crippen LogP contribution in [0.4, 0.5) is 13.6 Å². The van der Waals surface area contributed by atoms with Gasteiger partial charge in [-0.05, 0) is 13.8 Å². The van der Waals surface area contributed by atoms with Crippen molar-refractivity contribution in [3.05, 3.63) is 6.33 Å². The summed E-state index contributed by atoms with van der Waals surface area (Å²) in [5.74, 6) is 0. The van der Waals surface area contributed by atoms with Crippen LogP contribution in [0.3, 0.4) is 0 Å². The molecule has 0 saturated carbocycles. The van der Waals surface area contributed by atoms with Gasteiger partial charge in [-0.15, -0.1) is 5.10 Å². The largest absolute Gasteiger partial charge is 0.398 e. The lowest BCUT2D eigenvalue weighted by Gasteiger charge is -2.17. The van der Waals surface area contributed by atoms with E-state index in [9.17, 15) is 22.0 Å². The first-order valence-corrected chi connectivity index (χ1v) is 7.14. The van der Waals surface area contributed by atoms with E-state index in [2.05, 4.69) is 22.7 Å². The molecule has 1 aromatic heterocycles. The third kappa shape index (κ3) is 3.03. The highest BCUT2D eigenvalue weighted by atomic mass is 32.2. The van der Waals surface area contributed by atoms with E-state index in [1.165, 1.54) is 4.90 Å². The third-order valence-corrected chi connectivity index (χ3v) is 4.30. The molecule has 0 aliphatic carbocycles. The number of carbonyl (C=O) groups is 1. The van der Waals surface area contributed by atoms with Crippen LogP contribution < -0.4 is 0 Å². The first-order valence-electron chi connectivity index (χ1n) is 5.20. The molecule has 19 heavy (non-hydrogen) atoms. The zero-order chi connectivity index (χ0) is 14.8. The molecule has 0 fully saturated rings. The minimum Gasteiger partial charge on any atom is -0.323 e. The van der Waals surface area contributed by atoms with Gasteiger partial charge < -0.3 is 4.90 Å². The SMILES string of the molecule is CCN(CC)C(=O)n1cnc(S(=O)(=O)C(F)(F)S)n1. The molecule has 0 atom stereocenters. The maximum Gasteiger partial charge on any atom is 0.398 e. The van der Waals surface area contributed by atoms with Gasteiger partial charge >= 0.3 is 10.6 Å². The maximum absolute atomic E-state index is 12.8. The maximum atomic E-state index is 12.8. The average molecular weight is 314 g/mol. The molecule has 11 heteroatoms. The van der Waals surface area contributed by atoms with Crippen molar-refractivity contribution in [3.8, 4) is 0 Å². The number of carbonyl (C=O) groups excluding carboxylic acids is 1. The number of hydrogen-bond acceptors (Lipinski definition) is 6. The van der Waals surface area contributed by atoms with E-state index >= 15 is 0 Å². The summed E-state index contributed by atoms with van der Waals surface area (Å²) >= 11 is 2.68. The van der Waals surface area contributed by atoms with Crippen molar-refractivity contribution in [1.82, 2.24) is 19.7 Å². The first kappa shape index (κ1) is 15.8. The van der Waals surface area contributed by atoms with Crippen LogP contribution in [0.2, 0.25) is 0 Å². The fourth-order valence-electron chi connectivity index (χ4n) is 1.21. The van der Waals surface area contributed by atoms with E-state index in [4.69, 9.17) is 0 Å². The molecule has 1 heterocycles. The second-order valence-electron chi connectivity index (χ2n) is 3.42. The molecule has 0 aromatic carbocycles. The molecule has 1 amide bonds. The van der Waals surface area contributed by atoms with Gasteiger partial charge in [0, 0.05) is 13.1 Å². The van der Waals surface area contributed by atoms with Gasteiger partial charge in [-0.25, -0.2) is 18.2 Å². The number of aromatic nitrogens is 3. The first-order chi connectivity index (χ1) is 8.65. The molecule has 0 unspecified atom stereocenters. The lowest BCUT2D eigenvalue weighted by Crippen LogP contribution is -2.34. The second-order valence-corrected chi connectivity index (χ2v) is 6.17. The van der Waals surface area contributed by atoms with Gasteiger partial charge in [0.1, 0.15) is 6.33 Å². The van der Waals surface area contributed by atoms with E-state index in [0.29, 0.717) is 17.8 Å². The Morgan fingerprint density at radius 1 is 1.47 bits per heavy atom. The molecule has 0 radical (unpaired) electrons. The molecule has 0 saturated heterocycles. The van der Waals surface area contributed by atoms with Crippen LogP contribution in [0, 0.1) is 0 Å². The molecule has 0 aliphatic heterocycles. The third-order valence-electron chi connectivity index (χ3n) is 2.26. The highest BCUT2D eigenvalue weighted by Crippen LogP contribution is 2.30. The van der Waals surface area contributed by atoms with Crippen LogP contribution in [0.5, 0.6) is 0 Å². The van der Waals surface area contributed by atoms with Crippen LogP contribution in [-0.2, 0) is 9.84 Å². The normalized spacial score (nSPS) is 12.5. The fraction of sp³-hybridized carbons (Fsp3) is 0.625. The number of amides is 1. The summed E-state index contributed by atoms with van der Waals surface area (Å²) < 4.78 is 44.5. The van der Waals surface area contributed by atoms with Crippen molar-refractivity contribution in [2.45, 2.75) is 23.6 Å². The van der Waals surface area contributed by atoms with Crippen LogP contribution in [0.25, 0.3) is 0 Å². The average Bonchev–Trinajstić information content (AvgIpc) is 2.78. The highest BCUT2D eigenvalue weighted by Gasteiger charge is 2.45. The Hall–Kier alpha value is -1.23. The van der Waals surface area contributed by atoms with Gasteiger partial charge in [-0.2, -0.15) is 13.5 Å². The van der Waals surface area contributed by atoms with Crippen molar-refractivity contribution >= 4 is 28.5 Å². The molecule has 1 rings (SSSR count). The molecule has 0 spiro atoms. The van der Waals surface area contributed by atoms with E-state index in [1.807, 2.05) is 0 Å². The summed E-state index contributed by atoms with van der Waals surface area (Å²) in [4.78, 5) is 16.3. The molecular formula is C8H12F2N4O3S2. The number of halogens is 2. The Kier molecular flexibility index (Phi) is 4.50. The number of hydrogen-bond donors (Lipinski definition) is 1. The van der Waals surface area contributed by atoms with Gasteiger partial charge in [0.05, 0.1) is 0 Å². The summed E-state index contributed by atoms with van der Waals surface area (Å²) in [6.45, 7) is 4.13. The molecule has 108 valence electrons. The Labute approximate surface area is 113 Å². The topological polar surface area (TPSA) is 85.2 Å². The van der Waals surface area contributed by atoms with Crippen LogP contribution in [0.15, 0.2) is 11.5 Å². The van der Waals surface area contributed by atoms with Crippen molar-refractivity contribution in [2.24, 2.45) is 0 Å². The predicted octanol–water partition coefficient (Wildman–Crippen LogP) is 0.842. The summed E-state index contributed by atoms with van der Waals surface area (Å²) in [5.41, 5.74) is 0.